The Morgan fingerprint density at radius 2 is 1.54 bits per heavy atom. The van der Waals surface area contributed by atoms with E-state index in [0.717, 1.165) is 5.56 Å². The van der Waals surface area contributed by atoms with E-state index >= 15 is 0 Å². The Kier molecular flexibility index (Phi) is 4.17. The van der Waals surface area contributed by atoms with Gasteiger partial charge in [0.05, 0.1) is 12.0 Å². The molecule has 1 fully saturated rings. The van der Waals surface area contributed by atoms with Crippen LogP contribution in [0.2, 0.25) is 0 Å². The number of amides is 1. The number of rotatable bonds is 4. The predicted molar refractivity (Wildman–Crippen MR) is 100 cm³/mol. The molecule has 4 nitrogen and oxygen atoms in total. The Morgan fingerprint density at radius 1 is 0.885 bits per heavy atom. The van der Waals surface area contributed by atoms with E-state index in [9.17, 15) is 9.59 Å². The number of Topliss-reactive ketones (excluding diaryl/α,β-unsaturated/α-hetero) is 1. The molecule has 4 atom stereocenters. The van der Waals surface area contributed by atoms with Crippen molar-refractivity contribution in [3.63, 3.8) is 0 Å². The Hall–Kier alpha value is -3.14. The van der Waals surface area contributed by atoms with Crippen LogP contribution in [0.3, 0.4) is 0 Å². The molecule has 0 radical (unpaired) electrons. The molecule has 0 aliphatic carbocycles. The highest BCUT2D eigenvalue weighted by Crippen LogP contribution is 2.45. The quantitative estimate of drug-likeness (QED) is 0.868. The summed E-state index contributed by atoms with van der Waals surface area (Å²) in [5.74, 6) is -1.04. The maximum atomic E-state index is 13.4. The first-order valence-electron chi connectivity index (χ1n) is 8.74. The first kappa shape index (κ1) is 16.3. The summed E-state index contributed by atoms with van der Waals surface area (Å²) < 4.78 is 0. The minimum absolute atomic E-state index is 0.0400. The molecule has 26 heavy (non-hydrogen) atoms. The summed E-state index contributed by atoms with van der Waals surface area (Å²) >= 11 is 0. The lowest BCUT2D eigenvalue weighted by molar-refractivity contribution is -0.122. The average Bonchev–Trinajstić information content (AvgIpc) is 3.04. The number of primary amides is 1. The van der Waals surface area contributed by atoms with Crippen LogP contribution in [0.25, 0.3) is 0 Å². The van der Waals surface area contributed by atoms with Crippen LogP contribution in [0.15, 0.2) is 85.1 Å². The highest BCUT2D eigenvalue weighted by molar-refractivity contribution is 6.00. The molecule has 2 aromatic carbocycles. The number of hydrogen-bond donors (Lipinski definition) is 1. The molecule has 2 aliphatic heterocycles. The van der Waals surface area contributed by atoms with E-state index < -0.39 is 11.9 Å². The molecule has 0 aromatic heterocycles. The fourth-order valence-corrected chi connectivity index (χ4v) is 4.21. The first-order chi connectivity index (χ1) is 12.7. The monoisotopic (exact) mass is 344 g/mol. The van der Waals surface area contributed by atoms with Crippen molar-refractivity contribution in [1.82, 2.24) is 4.90 Å². The minimum Gasteiger partial charge on any atom is -0.368 e. The van der Waals surface area contributed by atoms with Crippen molar-refractivity contribution >= 4 is 11.7 Å². The molecule has 4 unspecified atom stereocenters. The molecule has 0 saturated carbocycles. The number of benzene rings is 2. The third-order valence-corrected chi connectivity index (χ3v) is 5.28. The van der Waals surface area contributed by atoms with Gasteiger partial charge in [0.25, 0.3) is 0 Å². The van der Waals surface area contributed by atoms with Crippen LogP contribution < -0.4 is 5.73 Å². The maximum Gasteiger partial charge on any atom is 0.240 e. The molecule has 130 valence electrons. The first-order valence-corrected chi connectivity index (χ1v) is 8.74. The molecule has 2 aromatic rings. The van der Waals surface area contributed by atoms with Crippen molar-refractivity contribution in [2.45, 2.75) is 18.0 Å². The van der Waals surface area contributed by atoms with Gasteiger partial charge in [-0.3, -0.25) is 9.59 Å². The van der Waals surface area contributed by atoms with Crippen LogP contribution in [0.1, 0.15) is 21.8 Å². The van der Waals surface area contributed by atoms with Gasteiger partial charge in [-0.2, -0.15) is 0 Å². The van der Waals surface area contributed by atoms with Crippen molar-refractivity contribution in [1.29, 1.82) is 0 Å². The summed E-state index contributed by atoms with van der Waals surface area (Å²) in [4.78, 5) is 27.7. The zero-order chi connectivity index (χ0) is 18.1. The third-order valence-electron chi connectivity index (χ3n) is 5.28. The van der Waals surface area contributed by atoms with Crippen molar-refractivity contribution in [3.05, 3.63) is 96.2 Å². The molecular weight excluding hydrogens is 324 g/mol. The summed E-state index contributed by atoms with van der Waals surface area (Å²) in [6, 6.07) is 18.3. The molecule has 0 bridgehead atoms. The highest BCUT2D eigenvalue weighted by Gasteiger charge is 2.53. The molecule has 1 saturated heterocycles. The summed E-state index contributed by atoms with van der Waals surface area (Å²) in [5.41, 5.74) is 7.40. The number of nitrogens with two attached hydrogens (primary N) is 1. The van der Waals surface area contributed by atoms with Gasteiger partial charge in [-0.1, -0.05) is 72.8 Å². The van der Waals surface area contributed by atoms with Crippen LogP contribution >= 0.6 is 0 Å². The number of carbonyl (C=O) groups excluding carboxylic acids is 2. The van der Waals surface area contributed by atoms with E-state index in [1.807, 2.05) is 90.0 Å². The Bertz CT molecular complexity index is 874. The van der Waals surface area contributed by atoms with Gasteiger partial charge in [-0.15, -0.1) is 0 Å². The maximum absolute atomic E-state index is 13.4. The standard InChI is InChI=1S/C22H20N2O2/c23-22(26)20-18(15-9-3-1-4-10-15)19(17-13-7-8-14-24(17)20)21(25)16-11-5-2-6-12-16/h1-14,17-20H,(H2,23,26). The summed E-state index contributed by atoms with van der Waals surface area (Å²) in [5, 5.41) is 0. The molecule has 2 aliphatic rings. The second kappa shape index (κ2) is 6.64. The van der Waals surface area contributed by atoms with E-state index in [1.165, 1.54) is 0 Å². The summed E-state index contributed by atoms with van der Waals surface area (Å²) in [6.45, 7) is 0. The minimum atomic E-state index is -0.554. The van der Waals surface area contributed by atoms with Crippen LogP contribution in [-0.4, -0.2) is 28.7 Å². The highest BCUT2D eigenvalue weighted by atomic mass is 16.1. The largest absolute Gasteiger partial charge is 0.368 e. The number of fused-ring (bicyclic) bond motifs is 1. The summed E-state index contributed by atoms with van der Waals surface area (Å²) in [7, 11) is 0. The van der Waals surface area contributed by atoms with Gasteiger partial charge < -0.3 is 10.6 Å². The lowest BCUT2D eigenvalue weighted by atomic mass is 9.77. The van der Waals surface area contributed by atoms with Gasteiger partial charge in [-0.05, 0) is 11.6 Å². The van der Waals surface area contributed by atoms with Gasteiger partial charge in [0.15, 0.2) is 5.78 Å². The fourth-order valence-electron chi connectivity index (χ4n) is 4.21. The van der Waals surface area contributed by atoms with Crippen LogP contribution in [0.4, 0.5) is 0 Å². The molecule has 1 amide bonds. The second-order valence-electron chi connectivity index (χ2n) is 6.70. The number of ketones is 1. The normalized spacial score (nSPS) is 26.5. The smallest absolute Gasteiger partial charge is 0.240 e. The molecule has 2 N–H and O–H groups in total. The van der Waals surface area contributed by atoms with Crippen LogP contribution in [0.5, 0.6) is 0 Å². The van der Waals surface area contributed by atoms with Gasteiger partial charge in [0.2, 0.25) is 5.91 Å². The van der Waals surface area contributed by atoms with E-state index in [-0.39, 0.29) is 23.7 Å². The SMILES string of the molecule is NC(=O)C1C(c2ccccc2)C(C(=O)c2ccccc2)C2C=CC=CN21. The van der Waals surface area contributed by atoms with Crippen molar-refractivity contribution in [2.75, 3.05) is 0 Å². The summed E-state index contributed by atoms with van der Waals surface area (Å²) in [6.07, 6.45) is 7.67. The number of hydrogen-bond acceptors (Lipinski definition) is 3. The second-order valence-corrected chi connectivity index (χ2v) is 6.70. The number of nitrogens with zero attached hydrogens (tertiary/aromatic N) is 1. The van der Waals surface area contributed by atoms with Gasteiger partial charge >= 0.3 is 0 Å². The third kappa shape index (κ3) is 2.64. The van der Waals surface area contributed by atoms with Crippen LogP contribution in [-0.2, 0) is 4.79 Å². The predicted octanol–water partition coefficient (Wildman–Crippen LogP) is 2.89. The molecular formula is C22H20N2O2. The van der Waals surface area contributed by atoms with E-state index in [2.05, 4.69) is 0 Å². The van der Waals surface area contributed by atoms with Gasteiger partial charge in [0.1, 0.15) is 6.04 Å². The zero-order valence-electron chi connectivity index (χ0n) is 14.2. The van der Waals surface area contributed by atoms with Gasteiger partial charge in [-0.25, -0.2) is 0 Å². The Balaban J connectivity index is 1.85. The molecule has 2 heterocycles. The fraction of sp³-hybridized carbons (Fsp3) is 0.182. The zero-order valence-corrected chi connectivity index (χ0v) is 14.2. The van der Waals surface area contributed by atoms with Crippen LogP contribution in [0, 0.1) is 5.92 Å². The van der Waals surface area contributed by atoms with E-state index in [4.69, 9.17) is 5.73 Å². The van der Waals surface area contributed by atoms with Crippen molar-refractivity contribution in [2.24, 2.45) is 11.7 Å². The molecule has 4 rings (SSSR count). The van der Waals surface area contributed by atoms with Crippen molar-refractivity contribution in [3.8, 4) is 0 Å². The van der Waals surface area contributed by atoms with E-state index in [0.29, 0.717) is 5.56 Å². The number of allylic oxidation sites excluding steroid dienone is 2. The van der Waals surface area contributed by atoms with Crippen molar-refractivity contribution < 1.29 is 9.59 Å². The lowest BCUT2D eigenvalue weighted by Crippen LogP contribution is -2.42. The molecule has 4 heteroatoms. The number of carbonyl (C=O) groups is 2. The topological polar surface area (TPSA) is 63.4 Å². The Labute approximate surface area is 152 Å². The average molecular weight is 344 g/mol. The Morgan fingerprint density at radius 3 is 2.19 bits per heavy atom. The molecule has 0 spiro atoms. The van der Waals surface area contributed by atoms with Gasteiger partial charge in [0, 0.05) is 17.7 Å². The lowest BCUT2D eigenvalue weighted by Gasteiger charge is -2.28. The van der Waals surface area contributed by atoms with E-state index in [1.54, 1.807) is 0 Å².